The predicted octanol–water partition coefficient (Wildman–Crippen LogP) is 1.36. The van der Waals surface area contributed by atoms with Gasteiger partial charge in [0.1, 0.15) is 5.75 Å². The van der Waals surface area contributed by atoms with Crippen LogP contribution in [-0.4, -0.2) is 12.9 Å². The number of carbonyl (C=O) groups is 1. The van der Waals surface area contributed by atoms with E-state index >= 15 is 0 Å². The van der Waals surface area contributed by atoms with E-state index in [2.05, 4.69) is 0 Å². The molecule has 1 aromatic carbocycles. The maximum Gasteiger partial charge on any atom is 0.163 e. The van der Waals surface area contributed by atoms with Crippen LogP contribution >= 0.6 is 0 Å². The molecule has 0 heterocycles. The van der Waals surface area contributed by atoms with Gasteiger partial charge >= 0.3 is 0 Å². The first-order chi connectivity index (χ1) is 6.19. The van der Waals surface area contributed by atoms with Gasteiger partial charge in [-0.15, -0.1) is 0 Å². The van der Waals surface area contributed by atoms with Crippen LogP contribution < -0.4 is 10.5 Å². The second-order valence-corrected chi connectivity index (χ2v) is 2.79. The van der Waals surface area contributed by atoms with Gasteiger partial charge in [0.2, 0.25) is 0 Å². The summed E-state index contributed by atoms with van der Waals surface area (Å²) < 4.78 is 5.04. The van der Waals surface area contributed by atoms with Crippen molar-refractivity contribution in [2.75, 3.05) is 7.11 Å². The minimum absolute atomic E-state index is 0.00727. The Bertz CT molecular complexity index is 321. The Morgan fingerprint density at radius 2 is 2.23 bits per heavy atom. The average molecular weight is 179 g/mol. The van der Waals surface area contributed by atoms with Crippen molar-refractivity contribution in [2.45, 2.75) is 13.5 Å². The number of carbonyl (C=O) groups excluding carboxylic acids is 1. The largest absolute Gasteiger partial charge is 0.496 e. The number of benzene rings is 1. The topological polar surface area (TPSA) is 52.3 Å². The van der Waals surface area contributed by atoms with Gasteiger partial charge in [-0.1, -0.05) is 6.07 Å². The van der Waals surface area contributed by atoms with Crippen LogP contribution in [0.25, 0.3) is 0 Å². The van der Waals surface area contributed by atoms with Crippen molar-refractivity contribution in [3.8, 4) is 5.75 Å². The van der Waals surface area contributed by atoms with Crippen LogP contribution in [0.2, 0.25) is 0 Å². The molecule has 0 bridgehead atoms. The predicted molar refractivity (Wildman–Crippen MR) is 50.9 cm³/mol. The molecule has 0 aliphatic carbocycles. The zero-order valence-electron chi connectivity index (χ0n) is 7.83. The maximum atomic E-state index is 11.2. The van der Waals surface area contributed by atoms with E-state index in [0.29, 0.717) is 17.9 Å². The number of ketones is 1. The lowest BCUT2D eigenvalue weighted by molar-refractivity contribution is 0.101. The van der Waals surface area contributed by atoms with Crippen LogP contribution in [0.3, 0.4) is 0 Å². The molecule has 0 radical (unpaired) electrons. The number of methoxy groups -OCH3 is 1. The Morgan fingerprint density at radius 3 is 2.69 bits per heavy atom. The molecule has 0 aliphatic rings. The standard InChI is InChI=1S/C10H13NO2/c1-7(12)9-5-8(6-11)3-4-10(9)13-2/h3-5H,6,11H2,1-2H3. The van der Waals surface area contributed by atoms with Gasteiger partial charge in [0.25, 0.3) is 0 Å². The van der Waals surface area contributed by atoms with Crippen LogP contribution in [-0.2, 0) is 6.54 Å². The molecule has 0 saturated carbocycles. The molecule has 70 valence electrons. The number of ether oxygens (including phenoxy) is 1. The first-order valence-corrected chi connectivity index (χ1v) is 4.07. The third-order valence-electron chi connectivity index (χ3n) is 1.88. The molecule has 0 amide bonds. The summed E-state index contributed by atoms with van der Waals surface area (Å²) in [7, 11) is 1.55. The molecule has 0 aliphatic heterocycles. The first kappa shape index (κ1) is 9.74. The summed E-state index contributed by atoms with van der Waals surface area (Å²) in [6.07, 6.45) is 0. The van der Waals surface area contributed by atoms with Gasteiger partial charge in [-0.2, -0.15) is 0 Å². The van der Waals surface area contributed by atoms with Crippen LogP contribution in [0.15, 0.2) is 18.2 Å². The van der Waals surface area contributed by atoms with Crippen molar-refractivity contribution in [3.05, 3.63) is 29.3 Å². The molecule has 1 rings (SSSR count). The summed E-state index contributed by atoms with van der Waals surface area (Å²) in [6.45, 7) is 1.95. The number of rotatable bonds is 3. The number of hydrogen-bond donors (Lipinski definition) is 1. The van der Waals surface area contributed by atoms with Gasteiger partial charge in [0.15, 0.2) is 5.78 Å². The minimum Gasteiger partial charge on any atom is -0.496 e. The first-order valence-electron chi connectivity index (χ1n) is 4.07. The SMILES string of the molecule is COc1ccc(CN)cc1C(C)=O. The van der Waals surface area contributed by atoms with Crippen molar-refractivity contribution in [2.24, 2.45) is 5.73 Å². The van der Waals surface area contributed by atoms with Crippen LogP contribution in [0.4, 0.5) is 0 Å². The smallest absolute Gasteiger partial charge is 0.163 e. The third-order valence-corrected chi connectivity index (χ3v) is 1.88. The Balaban J connectivity index is 3.18. The van der Waals surface area contributed by atoms with E-state index in [1.165, 1.54) is 6.92 Å². The molecule has 2 N–H and O–H groups in total. The number of hydrogen-bond acceptors (Lipinski definition) is 3. The van der Waals surface area contributed by atoms with E-state index in [4.69, 9.17) is 10.5 Å². The Hall–Kier alpha value is -1.35. The highest BCUT2D eigenvalue weighted by Crippen LogP contribution is 2.19. The molecule has 0 unspecified atom stereocenters. The highest BCUT2D eigenvalue weighted by atomic mass is 16.5. The Labute approximate surface area is 77.5 Å². The van der Waals surface area contributed by atoms with Crippen molar-refractivity contribution >= 4 is 5.78 Å². The molecule has 0 aromatic heterocycles. The fourth-order valence-corrected chi connectivity index (χ4v) is 1.16. The summed E-state index contributed by atoms with van der Waals surface area (Å²) in [6, 6.07) is 5.38. The average Bonchev–Trinajstić information content (AvgIpc) is 2.16. The van der Waals surface area contributed by atoms with E-state index in [1.54, 1.807) is 19.2 Å². The molecule has 0 spiro atoms. The molecule has 3 heteroatoms. The molecule has 0 saturated heterocycles. The Morgan fingerprint density at radius 1 is 1.54 bits per heavy atom. The molecule has 0 atom stereocenters. The maximum absolute atomic E-state index is 11.2. The van der Waals surface area contributed by atoms with Gasteiger partial charge in [0, 0.05) is 6.54 Å². The van der Waals surface area contributed by atoms with E-state index in [9.17, 15) is 4.79 Å². The minimum atomic E-state index is -0.00727. The zero-order chi connectivity index (χ0) is 9.84. The third kappa shape index (κ3) is 2.06. The lowest BCUT2D eigenvalue weighted by Gasteiger charge is -2.06. The highest BCUT2D eigenvalue weighted by molar-refractivity contribution is 5.97. The fourth-order valence-electron chi connectivity index (χ4n) is 1.16. The number of Topliss-reactive ketones (excluding diaryl/α,β-unsaturated/α-hetero) is 1. The lowest BCUT2D eigenvalue weighted by atomic mass is 10.1. The van der Waals surface area contributed by atoms with Gasteiger partial charge in [-0.3, -0.25) is 4.79 Å². The monoisotopic (exact) mass is 179 g/mol. The fraction of sp³-hybridized carbons (Fsp3) is 0.300. The molecular weight excluding hydrogens is 166 g/mol. The van der Waals surface area contributed by atoms with Crippen molar-refractivity contribution in [1.29, 1.82) is 0 Å². The van der Waals surface area contributed by atoms with Crippen LogP contribution in [0, 0.1) is 0 Å². The van der Waals surface area contributed by atoms with Gasteiger partial charge in [-0.25, -0.2) is 0 Å². The molecule has 1 aromatic rings. The summed E-state index contributed by atoms with van der Waals surface area (Å²) >= 11 is 0. The van der Waals surface area contributed by atoms with Crippen molar-refractivity contribution in [1.82, 2.24) is 0 Å². The number of nitrogens with two attached hydrogens (primary N) is 1. The molecule has 0 fully saturated rings. The summed E-state index contributed by atoms with van der Waals surface area (Å²) in [5.74, 6) is 0.594. The summed E-state index contributed by atoms with van der Waals surface area (Å²) in [5.41, 5.74) is 6.98. The van der Waals surface area contributed by atoms with Crippen LogP contribution in [0.5, 0.6) is 5.75 Å². The van der Waals surface area contributed by atoms with E-state index in [0.717, 1.165) is 5.56 Å². The summed E-state index contributed by atoms with van der Waals surface area (Å²) in [5, 5.41) is 0. The molecule has 13 heavy (non-hydrogen) atoms. The molecule has 3 nitrogen and oxygen atoms in total. The zero-order valence-corrected chi connectivity index (χ0v) is 7.83. The van der Waals surface area contributed by atoms with Gasteiger partial charge in [-0.05, 0) is 24.6 Å². The van der Waals surface area contributed by atoms with E-state index in [-0.39, 0.29) is 5.78 Å². The van der Waals surface area contributed by atoms with E-state index in [1.807, 2.05) is 6.07 Å². The van der Waals surface area contributed by atoms with Gasteiger partial charge < -0.3 is 10.5 Å². The van der Waals surface area contributed by atoms with Gasteiger partial charge in [0.05, 0.1) is 12.7 Å². The lowest BCUT2D eigenvalue weighted by Crippen LogP contribution is -2.02. The molecular formula is C10H13NO2. The normalized spacial score (nSPS) is 9.77. The summed E-state index contributed by atoms with van der Waals surface area (Å²) in [4.78, 5) is 11.2. The highest BCUT2D eigenvalue weighted by Gasteiger charge is 2.07. The van der Waals surface area contributed by atoms with Crippen molar-refractivity contribution < 1.29 is 9.53 Å². The quantitative estimate of drug-likeness (QED) is 0.713. The second kappa shape index (κ2) is 4.05. The van der Waals surface area contributed by atoms with Crippen molar-refractivity contribution in [3.63, 3.8) is 0 Å². The van der Waals surface area contributed by atoms with Crippen LogP contribution in [0.1, 0.15) is 22.8 Å². The van der Waals surface area contributed by atoms with E-state index < -0.39 is 0 Å². The second-order valence-electron chi connectivity index (χ2n) is 2.79. The Kier molecular flexibility index (Phi) is 3.03.